The lowest BCUT2D eigenvalue weighted by Crippen LogP contribution is -2.06. The number of hydrogen-bond acceptors (Lipinski definition) is 3. The van der Waals surface area contributed by atoms with Gasteiger partial charge in [-0.3, -0.25) is 10.1 Å². The topological polar surface area (TPSA) is 52.4 Å². The third kappa shape index (κ3) is 2.97. The normalized spacial score (nSPS) is 10.5. The first-order chi connectivity index (χ1) is 6.91. The van der Waals surface area contributed by atoms with Crippen molar-refractivity contribution in [1.29, 1.82) is 0 Å². The van der Waals surface area contributed by atoms with Crippen LogP contribution in [0, 0.1) is 10.1 Å². The lowest BCUT2D eigenvalue weighted by Gasteiger charge is -2.11. The van der Waals surface area contributed by atoms with Crippen molar-refractivity contribution < 1.29 is 9.66 Å². The predicted octanol–water partition coefficient (Wildman–Crippen LogP) is 3.69. The van der Waals surface area contributed by atoms with Gasteiger partial charge in [0.05, 0.1) is 22.1 Å². The third-order valence-corrected chi connectivity index (χ3v) is 2.34. The summed E-state index contributed by atoms with van der Waals surface area (Å²) in [6.45, 7) is 3.59. The average molecular weight is 250 g/mol. The molecule has 1 aromatic rings. The number of nitrogens with zero attached hydrogens (tertiary/aromatic N) is 1. The first kappa shape index (κ1) is 12.1. The molecule has 0 bridgehead atoms. The minimum Gasteiger partial charge on any atom is -0.489 e. The van der Waals surface area contributed by atoms with Crippen molar-refractivity contribution in [3.63, 3.8) is 0 Å². The Hall–Kier alpha value is -1.000. The fraction of sp³-hybridized carbons (Fsp3) is 0.333. The first-order valence-electron chi connectivity index (χ1n) is 4.22. The Bertz CT molecular complexity index is 393. The smallest absolute Gasteiger partial charge is 0.274 e. The number of nitro groups is 1. The largest absolute Gasteiger partial charge is 0.489 e. The second kappa shape index (κ2) is 4.68. The summed E-state index contributed by atoms with van der Waals surface area (Å²) < 4.78 is 5.30. The Labute approximate surface area is 96.9 Å². The minimum absolute atomic E-state index is 0.113. The summed E-state index contributed by atoms with van der Waals surface area (Å²) in [5.74, 6) is 0.228. The van der Waals surface area contributed by atoms with E-state index in [9.17, 15) is 10.1 Å². The SMILES string of the molecule is CC(C)Oc1cc([N+](=O)[O-])cc(Cl)c1Cl. The highest BCUT2D eigenvalue weighted by atomic mass is 35.5. The number of non-ortho nitro benzene ring substituents is 1. The molecule has 0 aromatic heterocycles. The molecule has 0 unspecified atom stereocenters. The molecule has 0 aliphatic carbocycles. The molecule has 82 valence electrons. The van der Waals surface area contributed by atoms with Crippen LogP contribution in [0.15, 0.2) is 12.1 Å². The molecular formula is C9H9Cl2NO3. The molecule has 0 aliphatic rings. The average Bonchev–Trinajstić information content (AvgIpc) is 2.11. The second-order valence-corrected chi connectivity index (χ2v) is 3.95. The van der Waals surface area contributed by atoms with Crippen LogP contribution in [-0.2, 0) is 0 Å². The quantitative estimate of drug-likeness (QED) is 0.607. The van der Waals surface area contributed by atoms with Crippen LogP contribution in [0.25, 0.3) is 0 Å². The van der Waals surface area contributed by atoms with Crippen molar-refractivity contribution in [1.82, 2.24) is 0 Å². The van der Waals surface area contributed by atoms with Gasteiger partial charge in [-0.15, -0.1) is 0 Å². The first-order valence-corrected chi connectivity index (χ1v) is 4.97. The third-order valence-electron chi connectivity index (χ3n) is 1.55. The molecule has 15 heavy (non-hydrogen) atoms. The molecule has 6 heteroatoms. The molecule has 0 aliphatic heterocycles. The summed E-state index contributed by atoms with van der Waals surface area (Å²) in [6.07, 6.45) is -0.124. The Kier molecular flexibility index (Phi) is 3.77. The van der Waals surface area contributed by atoms with Crippen LogP contribution in [0.5, 0.6) is 5.75 Å². The Morgan fingerprint density at radius 3 is 2.47 bits per heavy atom. The van der Waals surface area contributed by atoms with E-state index in [-0.39, 0.29) is 27.6 Å². The molecule has 0 amide bonds. The fourth-order valence-corrected chi connectivity index (χ4v) is 1.35. The van der Waals surface area contributed by atoms with Crippen molar-refractivity contribution in [3.8, 4) is 5.75 Å². The van der Waals surface area contributed by atoms with E-state index in [1.165, 1.54) is 12.1 Å². The summed E-state index contributed by atoms with van der Waals surface area (Å²) >= 11 is 11.6. The maximum Gasteiger partial charge on any atom is 0.274 e. The van der Waals surface area contributed by atoms with E-state index in [4.69, 9.17) is 27.9 Å². The number of rotatable bonds is 3. The van der Waals surface area contributed by atoms with E-state index in [2.05, 4.69) is 0 Å². The Morgan fingerprint density at radius 1 is 1.40 bits per heavy atom. The molecule has 0 heterocycles. The van der Waals surface area contributed by atoms with Gasteiger partial charge in [0, 0.05) is 6.07 Å². The molecular weight excluding hydrogens is 241 g/mol. The second-order valence-electron chi connectivity index (χ2n) is 3.16. The van der Waals surface area contributed by atoms with Gasteiger partial charge in [-0.25, -0.2) is 0 Å². The summed E-state index contributed by atoms with van der Waals surface area (Å²) in [4.78, 5) is 10.0. The van der Waals surface area contributed by atoms with Gasteiger partial charge in [-0.05, 0) is 13.8 Å². The van der Waals surface area contributed by atoms with Crippen LogP contribution in [0.2, 0.25) is 10.0 Å². The zero-order valence-electron chi connectivity index (χ0n) is 8.16. The van der Waals surface area contributed by atoms with Gasteiger partial charge in [0.25, 0.3) is 5.69 Å². The van der Waals surface area contributed by atoms with Gasteiger partial charge in [0.1, 0.15) is 10.8 Å². The van der Waals surface area contributed by atoms with Crippen molar-refractivity contribution in [3.05, 3.63) is 32.3 Å². The van der Waals surface area contributed by atoms with E-state index >= 15 is 0 Å². The van der Waals surface area contributed by atoms with Crippen molar-refractivity contribution in [2.75, 3.05) is 0 Å². The van der Waals surface area contributed by atoms with Gasteiger partial charge in [0.15, 0.2) is 0 Å². The van der Waals surface area contributed by atoms with Gasteiger partial charge in [-0.1, -0.05) is 23.2 Å². The Morgan fingerprint density at radius 2 is 2.00 bits per heavy atom. The standard InChI is InChI=1S/C9H9Cl2NO3/c1-5(2)15-8-4-6(12(13)14)3-7(10)9(8)11/h3-5H,1-2H3. The number of benzene rings is 1. The molecule has 0 saturated heterocycles. The van der Waals surface area contributed by atoms with Gasteiger partial charge < -0.3 is 4.74 Å². The monoisotopic (exact) mass is 249 g/mol. The van der Waals surface area contributed by atoms with Gasteiger partial charge in [-0.2, -0.15) is 0 Å². The molecule has 0 N–H and O–H groups in total. The highest BCUT2D eigenvalue weighted by molar-refractivity contribution is 6.43. The predicted molar refractivity (Wildman–Crippen MR) is 58.9 cm³/mol. The van der Waals surface area contributed by atoms with Crippen LogP contribution in [0.4, 0.5) is 5.69 Å². The van der Waals surface area contributed by atoms with E-state index in [1.807, 2.05) is 0 Å². The minimum atomic E-state index is -0.546. The number of nitro benzene ring substituents is 1. The van der Waals surface area contributed by atoms with E-state index < -0.39 is 4.92 Å². The summed E-state index contributed by atoms with van der Waals surface area (Å²) in [7, 11) is 0. The van der Waals surface area contributed by atoms with Crippen LogP contribution in [0.1, 0.15) is 13.8 Å². The van der Waals surface area contributed by atoms with E-state index in [1.54, 1.807) is 13.8 Å². The molecule has 0 radical (unpaired) electrons. The number of hydrogen-bond donors (Lipinski definition) is 0. The molecule has 1 rings (SSSR count). The number of ether oxygens (including phenoxy) is 1. The van der Waals surface area contributed by atoms with Crippen LogP contribution < -0.4 is 4.74 Å². The highest BCUT2D eigenvalue weighted by Crippen LogP contribution is 2.36. The summed E-state index contributed by atoms with van der Waals surface area (Å²) in [6, 6.07) is 2.45. The Balaban J connectivity index is 3.19. The molecule has 0 saturated carbocycles. The lowest BCUT2D eigenvalue weighted by molar-refractivity contribution is -0.384. The van der Waals surface area contributed by atoms with Gasteiger partial charge in [0.2, 0.25) is 0 Å². The van der Waals surface area contributed by atoms with Gasteiger partial charge >= 0.3 is 0 Å². The van der Waals surface area contributed by atoms with Crippen LogP contribution >= 0.6 is 23.2 Å². The summed E-state index contributed by atoms with van der Waals surface area (Å²) in [5.41, 5.74) is -0.139. The molecule has 0 fully saturated rings. The fourth-order valence-electron chi connectivity index (χ4n) is 0.995. The van der Waals surface area contributed by atoms with Crippen LogP contribution in [0.3, 0.4) is 0 Å². The van der Waals surface area contributed by atoms with E-state index in [0.717, 1.165) is 0 Å². The number of halogens is 2. The lowest BCUT2D eigenvalue weighted by atomic mass is 10.3. The molecule has 1 aromatic carbocycles. The van der Waals surface area contributed by atoms with Crippen molar-refractivity contribution in [2.24, 2.45) is 0 Å². The van der Waals surface area contributed by atoms with Crippen molar-refractivity contribution >= 4 is 28.9 Å². The summed E-state index contributed by atoms with van der Waals surface area (Å²) in [5, 5.41) is 10.9. The molecule has 0 spiro atoms. The highest BCUT2D eigenvalue weighted by Gasteiger charge is 2.16. The molecule has 4 nitrogen and oxygen atoms in total. The zero-order valence-corrected chi connectivity index (χ0v) is 9.67. The zero-order chi connectivity index (χ0) is 11.6. The van der Waals surface area contributed by atoms with E-state index in [0.29, 0.717) is 0 Å². The molecule has 0 atom stereocenters. The van der Waals surface area contributed by atoms with Crippen LogP contribution in [-0.4, -0.2) is 11.0 Å². The maximum atomic E-state index is 10.6. The van der Waals surface area contributed by atoms with Crippen molar-refractivity contribution in [2.45, 2.75) is 20.0 Å². The maximum absolute atomic E-state index is 10.6.